The molecule has 4 aromatic rings. The monoisotopic (exact) mass is 486 g/mol. The van der Waals surface area contributed by atoms with E-state index < -0.39 is 0 Å². The summed E-state index contributed by atoms with van der Waals surface area (Å²) in [5, 5.41) is 4.54. The molecule has 0 N–H and O–H groups in total. The number of rotatable bonds is 6. The van der Waals surface area contributed by atoms with Crippen molar-refractivity contribution in [3.8, 4) is 11.3 Å². The first-order chi connectivity index (χ1) is 17.5. The highest BCUT2D eigenvalue weighted by Crippen LogP contribution is 2.40. The van der Waals surface area contributed by atoms with Crippen LogP contribution in [-0.4, -0.2) is 36.3 Å². The van der Waals surface area contributed by atoms with Gasteiger partial charge >= 0.3 is 0 Å². The summed E-state index contributed by atoms with van der Waals surface area (Å²) in [6.07, 6.45) is 9.71. The summed E-state index contributed by atoms with van der Waals surface area (Å²) in [4.78, 5) is 19.3. The van der Waals surface area contributed by atoms with Crippen LogP contribution in [-0.2, 0) is 11.2 Å². The fraction of sp³-hybridized carbons (Fsp3) is 0.464. The van der Waals surface area contributed by atoms with Crippen molar-refractivity contribution in [2.24, 2.45) is 0 Å². The number of hydrogen-bond donors (Lipinski definition) is 0. The fourth-order valence-electron chi connectivity index (χ4n) is 5.02. The first-order valence-corrected chi connectivity index (χ1v) is 13.0. The first kappa shape index (κ1) is 23.2. The van der Waals surface area contributed by atoms with Crippen molar-refractivity contribution >= 4 is 11.2 Å². The van der Waals surface area contributed by atoms with Gasteiger partial charge in [0, 0.05) is 29.8 Å². The van der Waals surface area contributed by atoms with Gasteiger partial charge in [0.25, 0.3) is 0 Å². The number of aromatic nitrogens is 6. The van der Waals surface area contributed by atoms with E-state index in [1.54, 1.807) is 6.07 Å². The molecule has 2 fully saturated rings. The molecule has 0 bridgehead atoms. The minimum atomic E-state index is -0.288. The Hall–Kier alpha value is -3.26. The molecule has 0 spiro atoms. The van der Waals surface area contributed by atoms with E-state index in [-0.39, 0.29) is 17.8 Å². The predicted molar refractivity (Wildman–Crippen MR) is 135 cm³/mol. The lowest BCUT2D eigenvalue weighted by molar-refractivity contribution is 0.00396. The summed E-state index contributed by atoms with van der Waals surface area (Å²) in [5.74, 6) is 0.459. The Morgan fingerprint density at radius 2 is 1.89 bits per heavy atom. The van der Waals surface area contributed by atoms with E-state index in [1.165, 1.54) is 12.8 Å². The Bertz CT molecular complexity index is 1430. The molecule has 1 aliphatic heterocycles. The van der Waals surface area contributed by atoms with Crippen LogP contribution in [0.25, 0.3) is 22.4 Å². The van der Waals surface area contributed by atoms with E-state index in [0.717, 1.165) is 48.2 Å². The van der Waals surface area contributed by atoms with Gasteiger partial charge in [-0.15, -0.1) is 0 Å². The summed E-state index contributed by atoms with van der Waals surface area (Å²) >= 11 is 0. The zero-order valence-electron chi connectivity index (χ0n) is 21.0. The number of halogens is 1. The molecule has 4 heterocycles. The SMILES string of the molecule is CCCc1ccc(-c2nc([C@@H]3CCO[C@@H](c4cnn(C5CC5)c4)C3)nc3nc(C)c(C)nc23)c(F)c1. The number of aryl methyl sites for hydroxylation is 3. The second-order valence-corrected chi connectivity index (χ2v) is 10.1. The molecular formula is C28H31FN6O. The van der Waals surface area contributed by atoms with Crippen LogP contribution < -0.4 is 0 Å². The molecule has 0 amide bonds. The highest BCUT2D eigenvalue weighted by molar-refractivity contribution is 5.87. The third-order valence-electron chi connectivity index (χ3n) is 7.35. The van der Waals surface area contributed by atoms with Gasteiger partial charge in [0.1, 0.15) is 22.9 Å². The largest absolute Gasteiger partial charge is 0.373 e. The maximum atomic E-state index is 15.4. The molecule has 1 saturated carbocycles. The summed E-state index contributed by atoms with van der Waals surface area (Å²) in [7, 11) is 0. The van der Waals surface area contributed by atoms with Gasteiger partial charge in [0.15, 0.2) is 5.65 Å². The fourth-order valence-corrected chi connectivity index (χ4v) is 5.02. The second-order valence-electron chi connectivity index (χ2n) is 10.1. The maximum Gasteiger partial charge on any atom is 0.182 e. The minimum absolute atomic E-state index is 0.0603. The van der Waals surface area contributed by atoms with E-state index >= 15 is 4.39 Å². The van der Waals surface area contributed by atoms with Gasteiger partial charge in [-0.05, 0) is 63.6 Å². The van der Waals surface area contributed by atoms with Crippen LogP contribution in [0.15, 0.2) is 30.6 Å². The molecule has 2 aliphatic rings. The lowest BCUT2D eigenvalue weighted by Crippen LogP contribution is -2.20. The normalized spacial score (nSPS) is 20.2. The summed E-state index contributed by atoms with van der Waals surface area (Å²) in [5.41, 5.74) is 5.69. The molecule has 7 nitrogen and oxygen atoms in total. The third-order valence-corrected chi connectivity index (χ3v) is 7.35. The standard InChI is InChI=1S/C28H31FN6O/c1-4-5-18-6-9-22(23(29)12-18)25-26-28(32-17(3)16(2)31-26)34-27(33-25)19-10-11-36-24(13-19)20-14-30-35(15-20)21-7-8-21/h6,9,12,14-15,19,21,24H,4-5,7-8,10-11,13H2,1-3H3/t19-,24-/m1/s1. The van der Waals surface area contributed by atoms with Crippen molar-refractivity contribution in [2.45, 2.75) is 77.4 Å². The molecule has 3 aromatic heterocycles. The molecule has 2 atom stereocenters. The van der Waals surface area contributed by atoms with E-state index in [4.69, 9.17) is 24.7 Å². The Morgan fingerprint density at radius 1 is 1.06 bits per heavy atom. The van der Waals surface area contributed by atoms with Crippen molar-refractivity contribution in [2.75, 3.05) is 6.61 Å². The molecule has 0 radical (unpaired) electrons. The van der Waals surface area contributed by atoms with Crippen molar-refractivity contribution < 1.29 is 9.13 Å². The molecule has 6 rings (SSSR count). The van der Waals surface area contributed by atoms with Crippen molar-refractivity contribution in [3.05, 3.63) is 64.7 Å². The van der Waals surface area contributed by atoms with Crippen LogP contribution in [0.5, 0.6) is 0 Å². The molecule has 1 saturated heterocycles. The van der Waals surface area contributed by atoms with Gasteiger partial charge in [-0.3, -0.25) is 4.68 Å². The lowest BCUT2D eigenvalue weighted by atomic mass is 9.92. The topological polar surface area (TPSA) is 78.6 Å². The summed E-state index contributed by atoms with van der Waals surface area (Å²) in [6.45, 7) is 6.53. The molecule has 36 heavy (non-hydrogen) atoms. The quantitative estimate of drug-likeness (QED) is 0.334. The average Bonchev–Trinajstić information content (AvgIpc) is 3.61. The van der Waals surface area contributed by atoms with Crippen molar-refractivity contribution in [1.82, 2.24) is 29.7 Å². The smallest absolute Gasteiger partial charge is 0.182 e. The van der Waals surface area contributed by atoms with E-state index in [1.807, 2.05) is 32.2 Å². The third kappa shape index (κ3) is 4.39. The van der Waals surface area contributed by atoms with Gasteiger partial charge in [0.05, 0.1) is 29.7 Å². The van der Waals surface area contributed by atoms with Gasteiger partial charge in [-0.25, -0.2) is 24.3 Å². The van der Waals surface area contributed by atoms with E-state index in [2.05, 4.69) is 22.9 Å². The molecule has 1 aromatic carbocycles. The maximum absolute atomic E-state index is 15.4. The average molecular weight is 487 g/mol. The predicted octanol–water partition coefficient (Wildman–Crippen LogP) is 5.96. The molecule has 0 unspecified atom stereocenters. The highest BCUT2D eigenvalue weighted by atomic mass is 19.1. The zero-order chi connectivity index (χ0) is 24.8. The van der Waals surface area contributed by atoms with Crippen molar-refractivity contribution in [3.63, 3.8) is 0 Å². The van der Waals surface area contributed by atoms with Crippen LogP contribution in [0.1, 0.15) is 85.4 Å². The van der Waals surface area contributed by atoms with Gasteiger partial charge < -0.3 is 4.74 Å². The first-order valence-electron chi connectivity index (χ1n) is 13.0. The number of nitrogens with zero attached hydrogens (tertiary/aromatic N) is 6. The zero-order valence-corrected chi connectivity index (χ0v) is 21.0. The summed E-state index contributed by atoms with van der Waals surface area (Å²) in [6, 6.07) is 5.95. The van der Waals surface area contributed by atoms with Crippen LogP contribution in [0.2, 0.25) is 0 Å². The lowest BCUT2D eigenvalue weighted by Gasteiger charge is -2.28. The van der Waals surface area contributed by atoms with E-state index in [9.17, 15) is 0 Å². The Kier molecular flexibility index (Phi) is 5.99. The van der Waals surface area contributed by atoms with Crippen LogP contribution >= 0.6 is 0 Å². The number of benzene rings is 1. The number of hydrogen-bond acceptors (Lipinski definition) is 6. The van der Waals surface area contributed by atoms with Crippen LogP contribution in [0.4, 0.5) is 4.39 Å². The molecule has 8 heteroatoms. The van der Waals surface area contributed by atoms with Crippen LogP contribution in [0, 0.1) is 19.7 Å². The number of ether oxygens (including phenoxy) is 1. The Balaban J connectivity index is 1.40. The van der Waals surface area contributed by atoms with E-state index in [0.29, 0.717) is 40.9 Å². The molecule has 186 valence electrons. The highest BCUT2D eigenvalue weighted by Gasteiger charge is 2.31. The Morgan fingerprint density at radius 3 is 2.67 bits per heavy atom. The van der Waals surface area contributed by atoms with Crippen molar-refractivity contribution in [1.29, 1.82) is 0 Å². The van der Waals surface area contributed by atoms with Gasteiger partial charge in [-0.1, -0.05) is 19.4 Å². The minimum Gasteiger partial charge on any atom is -0.373 e. The second kappa shape index (κ2) is 9.32. The molecular weight excluding hydrogens is 455 g/mol. The van der Waals surface area contributed by atoms with Gasteiger partial charge in [0.2, 0.25) is 0 Å². The van der Waals surface area contributed by atoms with Gasteiger partial charge in [-0.2, -0.15) is 5.10 Å². The molecule has 1 aliphatic carbocycles. The number of fused-ring (bicyclic) bond motifs is 1. The summed E-state index contributed by atoms with van der Waals surface area (Å²) < 4.78 is 23.5. The van der Waals surface area contributed by atoms with Crippen LogP contribution in [0.3, 0.4) is 0 Å². The Labute approximate surface area is 210 Å².